The molecule has 0 spiro atoms. The lowest BCUT2D eigenvalue weighted by molar-refractivity contribution is -0.123. The molecule has 2 amide bonds. The van der Waals surface area contributed by atoms with Crippen molar-refractivity contribution in [2.45, 2.75) is 39.2 Å². The molecule has 0 radical (unpaired) electrons. The van der Waals surface area contributed by atoms with Gasteiger partial charge in [-0.1, -0.05) is 32.9 Å². The number of amides is 2. The molecule has 0 aliphatic carbocycles. The largest absolute Gasteiger partial charge is 0.449 e. The van der Waals surface area contributed by atoms with Crippen LogP contribution in [0.3, 0.4) is 0 Å². The first-order valence-electron chi connectivity index (χ1n) is 8.60. The molecular formula is C21H24N2O4. The fraction of sp³-hybridized carbons (Fsp3) is 0.286. The van der Waals surface area contributed by atoms with Crippen LogP contribution in [0.25, 0.3) is 0 Å². The molecule has 6 nitrogen and oxygen atoms in total. The molecule has 0 aliphatic rings. The van der Waals surface area contributed by atoms with E-state index in [2.05, 4.69) is 26.1 Å². The number of rotatable bonds is 5. The van der Waals surface area contributed by atoms with Gasteiger partial charge in [0.1, 0.15) is 0 Å². The highest BCUT2D eigenvalue weighted by atomic mass is 16.5. The lowest BCUT2D eigenvalue weighted by atomic mass is 9.87. The van der Waals surface area contributed by atoms with Crippen LogP contribution in [0.4, 0.5) is 5.69 Å². The number of hydrogen-bond acceptors (Lipinski definition) is 4. The molecule has 0 fully saturated rings. The average Bonchev–Trinajstić information content (AvgIpc) is 2.61. The first-order valence-corrected chi connectivity index (χ1v) is 8.60. The van der Waals surface area contributed by atoms with Gasteiger partial charge in [-0.3, -0.25) is 9.59 Å². The van der Waals surface area contributed by atoms with E-state index in [1.165, 1.54) is 19.1 Å². The molecule has 0 unspecified atom stereocenters. The van der Waals surface area contributed by atoms with E-state index in [9.17, 15) is 14.4 Å². The lowest BCUT2D eigenvalue weighted by Crippen LogP contribution is -2.30. The van der Waals surface area contributed by atoms with Gasteiger partial charge in [-0.25, -0.2) is 4.79 Å². The Morgan fingerprint density at radius 3 is 1.93 bits per heavy atom. The van der Waals surface area contributed by atoms with Gasteiger partial charge in [0.15, 0.2) is 6.10 Å². The summed E-state index contributed by atoms with van der Waals surface area (Å²) < 4.78 is 5.23. The predicted molar refractivity (Wildman–Crippen MR) is 104 cm³/mol. The van der Waals surface area contributed by atoms with Crippen LogP contribution in [0.5, 0.6) is 0 Å². The fourth-order valence-electron chi connectivity index (χ4n) is 2.35. The normalized spacial score (nSPS) is 12.1. The standard InChI is InChI=1S/C21H24N2O4/c1-13(19(25)23-17-11-7-14(8-12-17)18(22)24)27-20(26)15-5-9-16(10-6-15)21(2,3)4/h5-13H,1-4H3,(H2,22,24)(H,23,25)/t13-/m1/s1. The van der Waals surface area contributed by atoms with Crippen LogP contribution in [0, 0.1) is 0 Å². The molecule has 0 aliphatic heterocycles. The molecule has 0 bridgehead atoms. The second-order valence-electron chi connectivity index (χ2n) is 7.31. The summed E-state index contributed by atoms with van der Waals surface area (Å²) in [5, 5.41) is 2.63. The first kappa shape index (κ1) is 20.2. The molecule has 0 aromatic heterocycles. The van der Waals surface area contributed by atoms with E-state index >= 15 is 0 Å². The number of carbonyl (C=O) groups excluding carboxylic acids is 3. The van der Waals surface area contributed by atoms with E-state index < -0.39 is 23.9 Å². The number of nitrogens with two attached hydrogens (primary N) is 1. The van der Waals surface area contributed by atoms with Gasteiger partial charge >= 0.3 is 5.97 Å². The molecule has 3 N–H and O–H groups in total. The van der Waals surface area contributed by atoms with Crippen molar-refractivity contribution in [3.63, 3.8) is 0 Å². The zero-order valence-corrected chi connectivity index (χ0v) is 15.9. The van der Waals surface area contributed by atoms with E-state index in [4.69, 9.17) is 10.5 Å². The molecule has 0 heterocycles. The van der Waals surface area contributed by atoms with E-state index in [1.807, 2.05) is 12.1 Å². The molecular weight excluding hydrogens is 344 g/mol. The van der Waals surface area contributed by atoms with Crippen molar-refractivity contribution >= 4 is 23.5 Å². The van der Waals surface area contributed by atoms with Crippen molar-refractivity contribution in [2.75, 3.05) is 5.32 Å². The monoisotopic (exact) mass is 368 g/mol. The SMILES string of the molecule is C[C@@H](OC(=O)c1ccc(C(C)(C)C)cc1)C(=O)Nc1ccc(C(N)=O)cc1. The van der Waals surface area contributed by atoms with Gasteiger partial charge in [-0.15, -0.1) is 0 Å². The van der Waals surface area contributed by atoms with Gasteiger partial charge in [-0.2, -0.15) is 0 Å². The Kier molecular flexibility index (Phi) is 6.00. The number of nitrogens with one attached hydrogen (secondary N) is 1. The van der Waals surface area contributed by atoms with Crippen LogP contribution in [0.1, 0.15) is 54.0 Å². The summed E-state index contributed by atoms with van der Waals surface area (Å²) in [7, 11) is 0. The minimum atomic E-state index is -0.976. The van der Waals surface area contributed by atoms with Crippen LogP contribution in [-0.2, 0) is 14.9 Å². The lowest BCUT2D eigenvalue weighted by Gasteiger charge is -2.19. The highest BCUT2D eigenvalue weighted by Crippen LogP contribution is 2.22. The number of ether oxygens (including phenoxy) is 1. The third kappa shape index (κ3) is 5.41. The summed E-state index contributed by atoms with van der Waals surface area (Å²) in [5.41, 5.74) is 7.46. The van der Waals surface area contributed by atoms with Crippen LogP contribution < -0.4 is 11.1 Å². The molecule has 1 atom stereocenters. The average molecular weight is 368 g/mol. The van der Waals surface area contributed by atoms with Gasteiger partial charge in [-0.05, 0) is 54.3 Å². The van der Waals surface area contributed by atoms with Crippen molar-refractivity contribution in [1.82, 2.24) is 0 Å². The summed E-state index contributed by atoms with van der Waals surface area (Å²) in [4.78, 5) is 35.5. The highest BCUT2D eigenvalue weighted by Gasteiger charge is 2.20. The zero-order valence-electron chi connectivity index (χ0n) is 15.9. The van der Waals surface area contributed by atoms with Gasteiger partial charge < -0.3 is 15.8 Å². The van der Waals surface area contributed by atoms with Gasteiger partial charge in [0.05, 0.1) is 5.56 Å². The van der Waals surface area contributed by atoms with Crippen LogP contribution in [-0.4, -0.2) is 23.9 Å². The molecule has 2 aromatic carbocycles. The van der Waals surface area contributed by atoms with Crippen LogP contribution >= 0.6 is 0 Å². The highest BCUT2D eigenvalue weighted by molar-refractivity contribution is 5.98. The zero-order chi connectivity index (χ0) is 20.2. The van der Waals surface area contributed by atoms with Crippen molar-refractivity contribution in [1.29, 1.82) is 0 Å². The number of anilines is 1. The Hall–Kier alpha value is -3.15. The minimum Gasteiger partial charge on any atom is -0.449 e. The van der Waals surface area contributed by atoms with Crippen molar-refractivity contribution < 1.29 is 19.1 Å². The van der Waals surface area contributed by atoms with Crippen molar-refractivity contribution in [3.8, 4) is 0 Å². The van der Waals surface area contributed by atoms with Crippen molar-refractivity contribution in [2.24, 2.45) is 5.73 Å². The minimum absolute atomic E-state index is 0.0142. The van der Waals surface area contributed by atoms with E-state index in [0.717, 1.165) is 5.56 Å². The van der Waals surface area contributed by atoms with E-state index in [0.29, 0.717) is 16.8 Å². The second kappa shape index (κ2) is 8.03. The number of esters is 1. The molecule has 0 saturated heterocycles. The van der Waals surface area contributed by atoms with E-state index in [1.54, 1.807) is 24.3 Å². The van der Waals surface area contributed by atoms with Gasteiger partial charge in [0.25, 0.3) is 5.91 Å². The molecule has 2 rings (SSSR count). The summed E-state index contributed by atoms with van der Waals surface area (Å²) in [6.07, 6.45) is -0.976. The maximum Gasteiger partial charge on any atom is 0.338 e. The van der Waals surface area contributed by atoms with Crippen LogP contribution in [0.2, 0.25) is 0 Å². The quantitative estimate of drug-likeness (QED) is 0.791. The van der Waals surface area contributed by atoms with Crippen molar-refractivity contribution in [3.05, 3.63) is 65.2 Å². The number of hydrogen-bond donors (Lipinski definition) is 2. The molecule has 0 saturated carbocycles. The Morgan fingerprint density at radius 2 is 1.44 bits per heavy atom. The number of carbonyl (C=O) groups is 3. The third-order valence-corrected chi connectivity index (χ3v) is 4.08. The number of primary amides is 1. The second-order valence-corrected chi connectivity index (χ2v) is 7.31. The topological polar surface area (TPSA) is 98.5 Å². The third-order valence-electron chi connectivity index (χ3n) is 4.08. The Bertz CT molecular complexity index is 834. The summed E-state index contributed by atoms with van der Waals surface area (Å²) >= 11 is 0. The van der Waals surface area contributed by atoms with E-state index in [-0.39, 0.29) is 5.41 Å². The summed E-state index contributed by atoms with van der Waals surface area (Å²) in [6.45, 7) is 7.75. The molecule has 6 heteroatoms. The van der Waals surface area contributed by atoms with Crippen LogP contribution in [0.15, 0.2) is 48.5 Å². The smallest absolute Gasteiger partial charge is 0.338 e. The molecule has 2 aromatic rings. The molecule has 27 heavy (non-hydrogen) atoms. The fourth-order valence-corrected chi connectivity index (χ4v) is 2.35. The molecule has 142 valence electrons. The van der Waals surface area contributed by atoms with Gasteiger partial charge in [0.2, 0.25) is 5.91 Å². The Labute approximate surface area is 158 Å². The summed E-state index contributed by atoms with van der Waals surface area (Å²) in [6, 6.07) is 13.3. The Balaban J connectivity index is 1.97. The summed E-state index contributed by atoms with van der Waals surface area (Å²) in [5.74, 6) is -1.59. The predicted octanol–water partition coefficient (Wildman–Crippen LogP) is 3.27. The van der Waals surface area contributed by atoms with Gasteiger partial charge in [0, 0.05) is 11.3 Å². The maximum absolute atomic E-state index is 12.2. The maximum atomic E-state index is 12.2. The number of benzene rings is 2. The first-order chi connectivity index (χ1) is 12.6. The Morgan fingerprint density at radius 1 is 0.926 bits per heavy atom.